The lowest BCUT2D eigenvalue weighted by Crippen LogP contribution is -2.10. The van der Waals surface area contributed by atoms with E-state index < -0.39 is 0 Å². The molecular weight excluding hydrogens is 737 g/mol. The molecule has 4 aliphatic rings. The number of aliphatic imine (C=N–C) groups is 2. The number of nitrogens with zero attached hydrogens (tertiary/aromatic N) is 2. The van der Waals surface area contributed by atoms with E-state index in [1.807, 2.05) is 6.20 Å². The van der Waals surface area contributed by atoms with Crippen LogP contribution >= 0.6 is 0 Å². The topological polar surface area (TPSA) is 24.7 Å². The van der Waals surface area contributed by atoms with Crippen molar-refractivity contribution in [1.82, 2.24) is 0 Å². The van der Waals surface area contributed by atoms with Crippen LogP contribution in [-0.4, -0.2) is 12.4 Å². The first-order chi connectivity index (χ1) is 30.2. The molecule has 1 atom stereocenters. The van der Waals surface area contributed by atoms with Gasteiger partial charge in [-0.2, -0.15) is 0 Å². The molecule has 2 heteroatoms. The third kappa shape index (κ3) is 7.27. The first-order valence-electron chi connectivity index (χ1n) is 22.1. The summed E-state index contributed by atoms with van der Waals surface area (Å²) in [5, 5.41) is 7.92. The second-order valence-corrected chi connectivity index (χ2v) is 17.0. The zero-order valence-corrected chi connectivity index (χ0v) is 34.5. The van der Waals surface area contributed by atoms with Gasteiger partial charge in [0.25, 0.3) is 0 Å². The van der Waals surface area contributed by atoms with Gasteiger partial charge in [0.05, 0.1) is 5.70 Å². The van der Waals surface area contributed by atoms with Crippen LogP contribution in [0.15, 0.2) is 191 Å². The Labute approximate surface area is 359 Å². The first kappa shape index (κ1) is 37.1. The number of rotatable bonds is 8. The SMILES string of the molecule is C1=Cc2c(c3c(c4ccccc24)C=C(C2=CC=C(C=N/C(=C\Cc4cccc(-c5cc6ccccc6c6ccccc56)c4)c4ccc(C5C=NC=CC5)cc4)CC2)CC3)CC1. The van der Waals surface area contributed by atoms with E-state index in [4.69, 9.17) is 4.99 Å². The highest BCUT2D eigenvalue weighted by Crippen LogP contribution is 2.42. The van der Waals surface area contributed by atoms with Gasteiger partial charge in [-0.15, -0.1) is 0 Å². The Balaban J connectivity index is 0.898. The Morgan fingerprint density at radius 2 is 1.41 bits per heavy atom. The van der Waals surface area contributed by atoms with E-state index >= 15 is 0 Å². The highest BCUT2D eigenvalue weighted by Gasteiger charge is 2.23. The van der Waals surface area contributed by atoms with Crippen LogP contribution in [0.5, 0.6) is 0 Å². The van der Waals surface area contributed by atoms with Gasteiger partial charge >= 0.3 is 0 Å². The van der Waals surface area contributed by atoms with Crippen molar-refractivity contribution in [3.63, 3.8) is 0 Å². The minimum absolute atomic E-state index is 0.311. The number of hydrogen-bond donors (Lipinski definition) is 0. The maximum atomic E-state index is 5.25. The summed E-state index contributed by atoms with van der Waals surface area (Å²) in [7, 11) is 0. The molecule has 1 unspecified atom stereocenters. The molecule has 0 radical (unpaired) electrons. The highest BCUT2D eigenvalue weighted by molar-refractivity contribution is 6.13. The van der Waals surface area contributed by atoms with Gasteiger partial charge in [-0.3, -0.25) is 9.98 Å². The van der Waals surface area contributed by atoms with Gasteiger partial charge in [0.2, 0.25) is 0 Å². The summed E-state index contributed by atoms with van der Waals surface area (Å²) in [6.07, 6.45) is 30.7. The fraction of sp³-hybridized carbons (Fsp3) is 0.153. The van der Waals surface area contributed by atoms with E-state index in [0.717, 1.165) is 62.6 Å². The van der Waals surface area contributed by atoms with Gasteiger partial charge in [-0.05, 0) is 157 Å². The fourth-order valence-electron chi connectivity index (χ4n) is 10.1. The van der Waals surface area contributed by atoms with E-state index in [9.17, 15) is 0 Å². The lowest BCUT2D eigenvalue weighted by atomic mass is 9.78. The van der Waals surface area contributed by atoms with Gasteiger partial charge in [-0.1, -0.05) is 164 Å². The maximum absolute atomic E-state index is 5.25. The summed E-state index contributed by atoms with van der Waals surface area (Å²) >= 11 is 0. The quantitative estimate of drug-likeness (QED) is 0.108. The Hall–Kier alpha value is -6.90. The standard InChI is InChI=1S/C59H48N2/c1-2-15-49-47(12-1)37-57(54-20-7-3-16-50(49)54)46-13-9-11-40(35-46)24-33-59(44-29-27-43(28-30-44)48-14-10-34-60-39-48)61-38-41-22-25-42(26-23-41)45-31-32-56-53-19-5-4-17-51(53)52-18-6-8-21-55(52)58(56)36-45/h1-4,6-13,15-18,20-22,25,27-30,33-39,48H,5,14,19,23-24,26,31-32H2/b59-33-,61-38?. The Bertz CT molecular complexity index is 3120. The average molecular weight is 785 g/mol. The summed E-state index contributed by atoms with van der Waals surface area (Å²) < 4.78 is 0. The number of allylic oxidation sites excluding steroid dienone is 8. The molecule has 0 aromatic heterocycles. The Morgan fingerprint density at radius 1 is 0.639 bits per heavy atom. The molecule has 0 saturated carbocycles. The molecule has 1 heterocycles. The van der Waals surface area contributed by atoms with Crippen LogP contribution in [-0.2, 0) is 19.3 Å². The third-order valence-corrected chi connectivity index (χ3v) is 13.3. The van der Waals surface area contributed by atoms with Crippen LogP contribution in [0.4, 0.5) is 0 Å². The van der Waals surface area contributed by atoms with E-state index in [1.54, 1.807) is 11.1 Å². The lowest BCUT2D eigenvalue weighted by molar-refractivity contribution is 0.857. The van der Waals surface area contributed by atoms with E-state index in [0.29, 0.717) is 5.92 Å². The van der Waals surface area contributed by atoms with Crippen molar-refractivity contribution >= 4 is 62.6 Å². The van der Waals surface area contributed by atoms with Gasteiger partial charge in [0.15, 0.2) is 0 Å². The van der Waals surface area contributed by atoms with Crippen molar-refractivity contribution in [1.29, 1.82) is 0 Å². The summed E-state index contributed by atoms with van der Waals surface area (Å²) in [4.78, 5) is 9.67. The molecule has 0 N–H and O–H groups in total. The summed E-state index contributed by atoms with van der Waals surface area (Å²) in [5.41, 5.74) is 17.5. The van der Waals surface area contributed by atoms with Crippen LogP contribution in [0.2, 0.25) is 0 Å². The average Bonchev–Trinajstić information content (AvgIpc) is 3.34. The smallest absolute Gasteiger partial charge is 0.0665 e. The number of fused-ring (bicyclic) bond motifs is 9. The predicted molar refractivity (Wildman–Crippen MR) is 261 cm³/mol. The van der Waals surface area contributed by atoms with Gasteiger partial charge in [0, 0.05) is 24.5 Å². The molecule has 0 amide bonds. The monoisotopic (exact) mass is 784 g/mol. The van der Waals surface area contributed by atoms with Gasteiger partial charge in [0.1, 0.15) is 0 Å². The largest absolute Gasteiger partial charge is 0.269 e. The summed E-state index contributed by atoms with van der Waals surface area (Å²) in [5.74, 6) is 0.311. The second kappa shape index (κ2) is 16.3. The lowest BCUT2D eigenvalue weighted by Gasteiger charge is -2.27. The first-order valence-corrected chi connectivity index (χ1v) is 22.1. The van der Waals surface area contributed by atoms with E-state index in [1.165, 1.54) is 82.4 Å². The van der Waals surface area contributed by atoms with Crippen LogP contribution in [0.3, 0.4) is 0 Å². The molecule has 2 nitrogen and oxygen atoms in total. The fourth-order valence-corrected chi connectivity index (χ4v) is 10.1. The molecule has 0 bridgehead atoms. The van der Waals surface area contributed by atoms with Gasteiger partial charge in [-0.25, -0.2) is 0 Å². The molecule has 0 fully saturated rings. The maximum Gasteiger partial charge on any atom is 0.0665 e. The van der Waals surface area contributed by atoms with Gasteiger partial charge < -0.3 is 0 Å². The zero-order chi connectivity index (χ0) is 40.5. The van der Waals surface area contributed by atoms with Crippen molar-refractivity contribution in [2.75, 3.05) is 0 Å². The van der Waals surface area contributed by atoms with Crippen molar-refractivity contribution in [2.45, 2.75) is 57.3 Å². The van der Waals surface area contributed by atoms with E-state index in [-0.39, 0.29) is 0 Å². The number of hydrogen-bond acceptors (Lipinski definition) is 2. The predicted octanol–water partition coefficient (Wildman–Crippen LogP) is 15.2. The van der Waals surface area contributed by atoms with E-state index in [2.05, 4.69) is 187 Å². The molecule has 7 aromatic rings. The molecule has 3 aliphatic carbocycles. The molecule has 0 spiro atoms. The third-order valence-electron chi connectivity index (χ3n) is 13.3. The summed E-state index contributed by atoms with van der Waals surface area (Å²) in [6, 6.07) is 46.9. The molecule has 0 saturated heterocycles. The molecule has 11 rings (SSSR count). The second-order valence-electron chi connectivity index (χ2n) is 17.0. The number of benzene rings is 7. The Kier molecular flexibility index (Phi) is 9.91. The Morgan fingerprint density at radius 3 is 2.23 bits per heavy atom. The van der Waals surface area contributed by atoms with Crippen molar-refractivity contribution in [2.24, 2.45) is 9.98 Å². The molecule has 1 aliphatic heterocycles. The molecule has 7 aromatic carbocycles. The minimum Gasteiger partial charge on any atom is -0.269 e. The molecular formula is C59H48N2. The van der Waals surface area contributed by atoms with Crippen LogP contribution in [0.1, 0.15) is 77.0 Å². The van der Waals surface area contributed by atoms with Crippen LogP contribution in [0, 0.1) is 0 Å². The van der Waals surface area contributed by atoms with Crippen molar-refractivity contribution in [3.8, 4) is 11.1 Å². The highest BCUT2D eigenvalue weighted by atomic mass is 14.7. The van der Waals surface area contributed by atoms with Crippen LogP contribution < -0.4 is 0 Å². The van der Waals surface area contributed by atoms with Crippen LogP contribution in [0.25, 0.3) is 61.3 Å². The minimum atomic E-state index is 0.311. The normalized spacial score (nSPS) is 17.4. The van der Waals surface area contributed by atoms with Crippen molar-refractivity contribution in [3.05, 3.63) is 220 Å². The van der Waals surface area contributed by atoms with Crippen molar-refractivity contribution < 1.29 is 0 Å². The summed E-state index contributed by atoms with van der Waals surface area (Å²) in [6.45, 7) is 0. The molecule has 294 valence electrons. The zero-order valence-electron chi connectivity index (χ0n) is 34.5. The molecule has 61 heavy (non-hydrogen) atoms.